The first kappa shape index (κ1) is 14.0. The van der Waals surface area contributed by atoms with Gasteiger partial charge in [-0.1, -0.05) is 44.4 Å². The van der Waals surface area contributed by atoms with Crippen LogP contribution in [0.25, 0.3) is 0 Å². The molecule has 0 spiro atoms. The van der Waals surface area contributed by atoms with E-state index in [9.17, 15) is 0 Å². The van der Waals surface area contributed by atoms with Crippen LogP contribution in [0.15, 0.2) is 24.3 Å². The number of hydrogen-bond donors (Lipinski definition) is 0. The van der Waals surface area contributed by atoms with Crippen LogP contribution in [-0.2, 0) is 4.74 Å². The van der Waals surface area contributed by atoms with Gasteiger partial charge in [-0.15, -0.1) is 0 Å². The number of unbranched alkanes of at least 4 members (excludes halogenated alkanes) is 3. The molecule has 2 heteroatoms. The molecule has 0 unspecified atom stereocenters. The first-order valence-corrected chi connectivity index (χ1v) is 6.54. The number of hydrogen-bond acceptors (Lipinski definition) is 2. The molecule has 1 atom stereocenters. The minimum atomic E-state index is 0.104. The van der Waals surface area contributed by atoms with E-state index in [1.54, 1.807) is 7.11 Å². The van der Waals surface area contributed by atoms with E-state index in [1.165, 1.54) is 19.3 Å². The van der Waals surface area contributed by atoms with Gasteiger partial charge >= 0.3 is 0 Å². The number of methoxy groups -OCH3 is 1. The molecule has 1 rings (SSSR count). The van der Waals surface area contributed by atoms with Gasteiger partial charge < -0.3 is 9.47 Å². The van der Waals surface area contributed by atoms with Crippen LogP contribution in [0.5, 0.6) is 5.75 Å². The maximum absolute atomic E-state index is 5.84. The molecule has 0 radical (unpaired) electrons. The summed E-state index contributed by atoms with van der Waals surface area (Å²) in [5.74, 6) is 0.911. The summed E-state index contributed by atoms with van der Waals surface area (Å²) in [6.07, 6.45) is 5.07. The highest BCUT2D eigenvalue weighted by atomic mass is 16.5. The molecule has 1 aromatic carbocycles. The van der Waals surface area contributed by atoms with Crippen LogP contribution in [0.1, 0.15) is 51.2 Å². The van der Waals surface area contributed by atoms with Crippen LogP contribution in [0.2, 0.25) is 0 Å². The lowest BCUT2D eigenvalue weighted by Crippen LogP contribution is -2.03. The van der Waals surface area contributed by atoms with E-state index in [2.05, 4.69) is 19.9 Å². The summed E-state index contributed by atoms with van der Waals surface area (Å²) in [5.41, 5.74) is 1.13. The lowest BCUT2D eigenvalue weighted by molar-refractivity contribution is 0.0611. The number of para-hydroxylation sites is 1. The van der Waals surface area contributed by atoms with E-state index < -0.39 is 0 Å². The van der Waals surface area contributed by atoms with Crippen LogP contribution in [-0.4, -0.2) is 13.7 Å². The van der Waals surface area contributed by atoms with Gasteiger partial charge in [0.1, 0.15) is 5.75 Å². The predicted molar refractivity (Wildman–Crippen MR) is 71.5 cm³/mol. The maximum atomic E-state index is 5.84. The van der Waals surface area contributed by atoms with Crippen LogP contribution in [0.3, 0.4) is 0 Å². The highest BCUT2D eigenvalue weighted by Gasteiger charge is 2.10. The second-order valence-electron chi connectivity index (χ2n) is 4.32. The Labute approximate surface area is 105 Å². The molecule has 0 aliphatic carbocycles. The van der Waals surface area contributed by atoms with Crippen molar-refractivity contribution >= 4 is 0 Å². The van der Waals surface area contributed by atoms with Crippen molar-refractivity contribution in [1.82, 2.24) is 0 Å². The van der Waals surface area contributed by atoms with E-state index in [1.807, 2.05) is 18.2 Å². The lowest BCUT2D eigenvalue weighted by atomic mass is 10.1. The SMILES string of the molecule is CCCCCCO[C@@H](C)c1ccccc1OC. The van der Waals surface area contributed by atoms with E-state index in [0.717, 1.165) is 24.3 Å². The Hall–Kier alpha value is -1.02. The number of rotatable bonds is 8. The smallest absolute Gasteiger partial charge is 0.124 e. The Kier molecular flexibility index (Phi) is 6.71. The van der Waals surface area contributed by atoms with Crippen molar-refractivity contribution < 1.29 is 9.47 Å². The topological polar surface area (TPSA) is 18.5 Å². The van der Waals surface area contributed by atoms with Gasteiger partial charge in [0, 0.05) is 12.2 Å². The first-order chi connectivity index (χ1) is 8.29. The Balaban J connectivity index is 2.38. The molecule has 0 amide bonds. The van der Waals surface area contributed by atoms with Crippen molar-refractivity contribution in [3.63, 3.8) is 0 Å². The van der Waals surface area contributed by atoms with Crippen LogP contribution >= 0.6 is 0 Å². The lowest BCUT2D eigenvalue weighted by Gasteiger charge is -2.16. The zero-order chi connectivity index (χ0) is 12.5. The van der Waals surface area contributed by atoms with Crippen molar-refractivity contribution in [2.24, 2.45) is 0 Å². The Morgan fingerprint density at radius 3 is 2.59 bits per heavy atom. The minimum absolute atomic E-state index is 0.104. The molecule has 0 aliphatic rings. The number of benzene rings is 1. The van der Waals surface area contributed by atoms with Crippen molar-refractivity contribution in [1.29, 1.82) is 0 Å². The zero-order valence-electron chi connectivity index (χ0n) is 11.2. The third-order valence-corrected chi connectivity index (χ3v) is 2.94. The summed E-state index contributed by atoms with van der Waals surface area (Å²) < 4.78 is 11.2. The van der Waals surface area contributed by atoms with Gasteiger partial charge in [-0.2, -0.15) is 0 Å². The molecule has 2 nitrogen and oxygen atoms in total. The minimum Gasteiger partial charge on any atom is -0.496 e. The summed E-state index contributed by atoms with van der Waals surface area (Å²) in [4.78, 5) is 0. The van der Waals surface area contributed by atoms with Crippen molar-refractivity contribution in [2.75, 3.05) is 13.7 Å². The third kappa shape index (κ3) is 4.78. The summed E-state index contributed by atoms with van der Waals surface area (Å²) in [6, 6.07) is 8.05. The van der Waals surface area contributed by atoms with E-state index in [0.29, 0.717) is 0 Å². The van der Waals surface area contributed by atoms with Crippen LogP contribution < -0.4 is 4.74 Å². The van der Waals surface area contributed by atoms with Gasteiger partial charge in [0.25, 0.3) is 0 Å². The molecule has 0 aromatic heterocycles. The number of ether oxygens (including phenoxy) is 2. The summed E-state index contributed by atoms with van der Waals surface area (Å²) in [5, 5.41) is 0. The van der Waals surface area contributed by atoms with E-state index in [-0.39, 0.29) is 6.10 Å². The largest absolute Gasteiger partial charge is 0.496 e. The molecule has 96 valence electrons. The van der Waals surface area contributed by atoms with Gasteiger partial charge in [0.2, 0.25) is 0 Å². The molecule has 0 fully saturated rings. The van der Waals surface area contributed by atoms with Gasteiger partial charge in [0.05, 0.1) is 13.2 Å². The fourth-order valence-electron chi connectivity index (χ4n) is 1.88. The molecule has 0 aliphatic heterocycles. The molecule has 1 aromatic rings. The van der Waals surface area contributed by atoms with E-state index >= 15 is 0 Å². The molecule has 0 N–H and O–H groups in total. The Morgan fingerprint density at radius 1 is 1.12 bits per heavy atom. The fourth-order valence-corrected chi connectivity index (χ4v) is 1.88. The third-order valence-electron chi connectivity index (χ3n) is 2.94. The summed E-state index contributed by atoms with van der Waals surface area (Å²) >= 11 is 0. The normalized spacial score (nSPS) is 12.4. The Bertz CT molecular complexity index is 310. The molecular weight excluding hydrogens is 212 g/mol. The average Bonchev–Trinajstić information content (AvgIpc) is 2.38. The average molecular weight is 236 g/mol. The highest BCUT2D eigenvalue weighted by molar-refractivity contribution is 5.34. The quantitative estimate of drug-likeness (QED) is 0.625. The zero-order valence-corrected chi connectivity index (χ0v) is 11.2. The van der Waals surface area contributed by atoms with Gasteiger partial charge in [0.15, 0.2) is 0 Å². The second-order valence-corrected chi connectivity index (χ2v) is 4.32. The molecule has 17 heavy (non-hydrogen) atoms. The molecule has 0 saturated heterocycles. The molecule has 0 bridgehead atoms. The van der Waals surface area contributed by atoms with Gasteiger partial charge in [-0.3, -0.25) is 0 Å². The first-order valence-electron chi connectivity index (χ1n) is 6.54. The van der Waals surface area contributed by atoms with Crippen LogP contribution in [0.4, 0.5) is 0 Å². The van der Waals surface area contributed by atoms with Crippen LogP contribution in [0, 0.1) is 0 Å². The maximum Gasteiger partial charge on any atom is 0.124 e. The standard InChI is InChI=1S/C15H24O2/c1-4-5-6-9-12-17-13(2)14-10-7-8-11-15(14)16-3/h7-8,10-11,13H,4-6,9,12H2,1-3H3/t13-/m0/s1. The van der Waals surface area contributed by atoms with Crippen molar-refractivity contribution in [3.05, 3.63) is 29.8 Å². The molecular formula is C15H24O2. The predicted octanol–water partition coefficient (Wildman–Crippen LogP) is 4.35. The molecule has 0 saturated carbocycles. The fraction of sp³-hybridized carbons (Fsp3) is 0.600. The van der Waals surface area contributed by atoms with E-state index in [4.69, 9.17) is 9.47 Å². The van der Waals surface area contributed by atoms with Gasteiger partial charge in [-0.25, -0.2) is 0 Å². The monoisotopic (exact) mass is 236 g/mol. The summed E-state index contributed by atoms with van der Waals surface area (Å²) in [7, 11) is 1.70. The van der Waals surface area contributed by atoms with Crippen molar-refractivity contribution in [3.8, 4) is 5.75 Å². The molecule has 0 heterocycles. The Morgan fingerprint density at radius 2 is 1.88 bits per heavy atom. The van der Waals surface area contributed by atoms with Gasteiger partial charge in [-0.05, 0) is 19.4 Å². The highest BCUT2D eigenvalue weighted by Crippen LogP contribution is 2.26. The summed E-state index contributed by atoms with van der Waals surface area (Å²) in [6.45, 7) is 5.13. The second kappa shape index (κ2) is 8.13. The van der Waals surface area contributed by atoms with Crippen molar-refractivity contribution in [2.45, 2.75) is 45.6 Å².